The molecule has 1 N–H and O–H groups in total. The summed E-state index contributed by atoms with van der Waals surface area (Å²) < 4.78 is 148. The van der Waals surface area contributed by atoms with Crippen LogP contribution in [0.25, 0.3) is 11.1 Å². The minimum atomic E-state index is -5.24. The third kappa shape index (κ3) is 7.64. The van der Waals surface area contributed by atoms with Gasteiger partial charge in [0.15, 0.2) is 0 Å². The molecule has 0 aliphatic carbocycles. The van der Waals surface area contributed by atoms with Crippen LogP contribution in [-0.4, -0.2) is 25.7 Å². The number of para-hydroxylation sites is 1. The summed E-state index contributed by atoms with van der Waals surface area (Å²) in [6, 6.07) is 14.4. The van der Waals surface area contributed by atoms with E-state index in [2.05, 4.69) is 14.8 Å². The number of alkyl halides is 9. The summed E-state index contributed by atoms with van der Waals surface area (Å²) in [5.74, 6) is -4.53. The van der Waals surface area contributed by atoms with Crippen LogP contribution in [0.15, 0.2) is 84.9 Å². The summed E-state index contributed by atoms with van der Waals surface area (Å²) >= 11 is 0. The zero-order chi connectivity index (χ0) is 34.1. The number of hydrogen-bond donors (Lipinski definition) is 1. The minimum Gasteiger partial charge on any atom is -0.496 e. The average molecular weight is 661 g/mol. The van der Waals surface area contributed by atoms with E-state index >= 15 is 0 Å². The molecule has 244 valence electrons. The molecule has 0 saturated carbocycles. The van der Waals surface area contributed by atoms with Crippen molar-refractivity contribution in [2.24, 2.45) is 0 Å². The van der Waals surface area contributed by atoms with E-state index in [0.29, 0.717) is 6.07 Å². The van der Waals surface area contributed by atoms with Crippen LogP contribution in [0.4, 0.5) is 43.9 Å². The summed E-state index contributed by atoms with van der Waals surface area (Å²) in [7, 11) is 1.22. The first-order chi connectivity index (χ1) is 21.3. The van der Waals surface area contributed by atoms with E-state index in [9.17, 15) is 48.7 Å². The van der Waals surface area contributed by atoms with Crippen LogP contribution < -0.4 is 19.5 Å². The van der Waals surface area contributed by atoms with Crippen LogP contribution >= 0.6 is 0 Å². The lowest BCUT2D eigenvalue weighted by Crippen LogP contribution is -2.45. The second kappa shape index (κ2) is 12.4. The van der Waals surface area contributed by atoms with E-state index in [0.717, 1.165) is 36.4 Å². The predicted octanol–water partition coefficient (Wildman–Crippen LogP) is 9.01. The van der Waals surface area contributed by atoms with E-state index in [1.54, 1.807) is 0 Å². The molecule has 4 rings (SSSR count). The Bertz CT molecular complexity index is 1730. The lowest BCUT2D eigenvalue weighted by atomic mass is 9.79. The van der Waals surface area contributed by atoms with Gasteiger partial charge in [0.2, 0.25) is 0 Å². The van der Waals surface area contributed by atoms with Crippen LogP contribution in [0, 0.1) is 5.82 Å². The average Bonchev–Trinajstić information content (AvgIpc) is 2.95. The first-order valence-electron chi connectivity index (χ1n) is 12.9. The van der Waals surface area contributed by atoms with E-state index in [-0.39, 0.29) is 34.1 Å². The predicted molar refractivity (Wildman–Crippen MR) is 144 cm³/mol. The topological polar surface area (TPSA) is 56.8 Å². The highest BCUT2D eigenvalue weighted by Crippen LogP contribution is 2.46. The summed E-state index contributed by atoms with van der Waals surface area (Å²) in [6.45, 7) is 1.19. The lowest BCUT2D eigenvalue weighted by Gasteiger charge is -2.35. The van der Waals surface area contributed by atoms with Crippen molar-refractivity contribution >= 4 is 5.91 Å². The molecule has 0 heterocycles. The fraction of sp³-hybridized carbons (Fsp3) is 0.194. The van der Waals surface area contributed by atoms with Gasteiger partial charge < -0.3 is 19.5 Å². The first kappa shape index (κ1) is 33.9. The highest BCUT2D eigenvalue weighted by Gasteiger charge is 2.40. The number of benzene rings is 4. The van der Waals surface area contributed by atoms with Crippen molar-refractivity contribution in [2.75, 3.05) is 7.11 Å². The zero-order valence-corrected chi connectivity index (χ0v) is 23.5. The van der Waals surface area contributed by atoms with Crippen molar-refractivity contribution in [1.29, 1.82) is 0 Å². The molecule has 0 aromatic heterocycles. The molecular formula is C31H21F10NO4. The summed E-state index contributed by atoms with van der Waals surface area (Å²) in [5.41, 5.74) is -5.39. The smallest absolute Gasteiger partial charge is 0.496 e. The van der Waals surface area contributed by atoms with Gasteiger partial charge in [0.05, 0.1) is 18.2 Å². The summed E-state index contributed by atoms with van der Waals surface area (Å²) in [4.78, 5) is 13.5. The quantitative estimate of drug-likeness (QED) is 0.192. The molecule has 1 unspecified atom stereocenters. The van der Waals surface area contributed by atoms with E-state index in [1.807, 2.05) is 0 Å². The Morgan fingerprint density at radius 3 is 1.96 bits per heavy atom. The van der Waals surface area contributed by atoms with Crippen molar-refractivity contribution in [3.63, 3.8) is 0 Å². The SMILES string of the molecule is COc1ccccc1-c1c(OC(F)(F)F)cccc1C(C)(NC(=O)c1ccc(F)c(C(F)(F)F)c1)c1cccc(OC(F)(F)F)c1. The highest BCUT2D eigenvalue weighted by molar-refractivity contribution is 5.96. The second-order valence-corrected chi connectivity index (χ2v) is 9.77. The molecule has 5 nitrogen and oxygen atoms in total. The standard InChI is InChI=1S/C31H21F10NO4/c1-28(18-7-5-8-19(16-18)45-30(36,37)38,42-27(43)17-13-14-23(32)22(15-17)29(33,34)35)21-10-6-12-25(46-31(39,40)41)26(21)20-9-3-4-11-24(20)44-2/h3-16H,1-2H3,(H,42,43). The molecule has 0 radical (unpaired) electrons. The molecule has 0 saturated heterocycles. The third-order valence-electron chi connectivity index (χ3n) is 6.71. The van der Waals surface area contributed by atoms with Gasteiger partial charge in [-0.25, -0.2) is 4.39 Å². The van der Waals surface area contributed by atoms with E-state index in [1.165, 1.54) is 50.4 Å². The normalized spacial score (nSPS) is 13.5. The Morgan fingerprint density at radius 2 is 1.33 bits per heavy atom. The maximum atomic E-state index is 14.0. The van der Waals surface area contributed by atoms with Crippen molar-refractivity contribution in [3.05, 3.63) is 113 Å². The molecular weight excluding hydrogens is 640 g/mol. The first-order valence-corrected chi connectivity index (χ1v) is 12.9. The second-order valence-electron chi connectivity index (χ2n) is 9.77. The van der Waals surface area contributed by atoms with Crippen molar-refractivity contribution < 1.29 is 62.9 Å². The number of rotatable bonds is 8. The van der Waals surface area contributed by atoms with Gasteiger partial charge in [0, 0.05) is 16.7 Å². The highest BCUT2D eigenvalue weighted by atomic mass is 19.4. The minimum absolute atomic E-state index is 0.0100. The Balaban J connectivity index is 2.02. The van der Waals surface area contributed by atoms with Crippen LogP contribution in [0.3, 0.4) is 0 Å². The Hall–Kier alpha value is -4.95. The lowest BCUT2D eigenvalue weighted by molar-refractivity contribution is -0.275. The maximum absolute atomic E-state index is 14.0. The fourth-order valence-electron chi connectivity index (χ4n) is 4.77. The van der Waals surface area contributed by atoms with Gasteiger partial charge in [-0.1, -0.05) is 42.5 Å². The summed E-state index contributed by atoms with van der Waals surface area (Å²) in [6.07, 6.45) is -15.6. The van der Waals surface area contributed by atoms with E-state index in [4.69, 9.17) is 4.74 Å². The van der Waals surface area contributed by atoms with Gasteiger partial charge >= 0.3 is 18.9 Å². The molecule has 0 aliphatic heterocycles. The molecule has 0 fully saturated rings. The molecule has 0 aliphatic rings. The van der Waals surface area contributed by atoms with Crippen molar-refractivity contribution in [1.82, 2.24) is 5.32 Å². The number of methoxy groups -OCH3 is 1. The van der Waals surface area contributed by atoms with Crippen LogP contribution in [0.5, 0.6) is 17.2 Å². The largest absolute Gasteiger partial charge is 0.573 e. The van der Waals surface area contributed by atoms with Crippen LogP contribution in [0.2, 0.25) is 0 Å². The Labute approximate surface area is 254 Å². The van der Waals surface area contributed by atoms with Crippen molar-refractivity contribution in [3.8, 4) is 28.4 Å². The number of hydrogen-bond acceptors (Lipinski definition) is 4. The Morgan fingerprint density at radius 1 is 0.696 bits per heavy atom. The number of amides is 1. The molecule has 1 amide bonds. The molecule has 4 aromatic rings. The zero-order valence-electron chi connectivity index (χ0n) is 23.5. The monoisotopic (exact) mass is 661 g/mol. The number of carbonyl (C=O) groups is 1. The number of carbonyl (C=O) groups excluding carboxylic acids is 1. The number of nitrogens with one attached hydrogen (secondary N) is 1. The maximum Gasteiger partial charge on any atom is 0.573 e. The van der Waals surface area contributed by atoms with E-state index < -0.39 is 58.8 Å². The van der Waals surface area contributed by atoms with Gasteiger partial charge in [0.25, 0.3) is 5.91 Å². The van der Waals surface area contributed by atoms with Crippen molar-refractivity contribution in [2.45, 2.75) is 31.4 Å². The van der Waals surface area contributed by atoms with Gasteiger partial charge in [-0.15, -0.1) is 26.3 Å². The third-order valence-corrected chi connectivity index (χ3v) is 6.71. The molecule has 0 bridgehead atoms. The molecule has 0 spiro atoms. The molecule has 46 heavy (non-hydrogen) atoms. The van der Waals surface area contributed by atoms with Gasteiger partial charge in [-0.2, -0.15) is 13.2 Å². The summed E-state index contributed by atoms with van der Waals surface area (Å²) in [5, 5.41) is 2.43. The fourth-order valence-corrected chi connectivity index (χ4v) is 4.77. The molecule has 15 heteroatoms. The number of halogens is 10. The van der Waals surface area contributed by atoms with Crippen LogP contribution in [0.1, 0.15) is 34.0 Å². The van der Waals surface area contributed by atoms with Gasteiger partial charge in [-0.05, 0) is 60.5 Å². The Kier molecular flexibility index (Phi) is 9.18. The molecule has 1 atom stereocenters. The molecule has 4 aromatic carbocycles. The number of ether oxygens (including phenoxy) is 3. The van der Waals surface area contributed by atoms with Gasteiger partial charge in [-0.3, -0.25) is 4.79 Å². The van der Waals surface area contributed by atoms with Crippen LogP contribution in [-0.2, 0) is 11.7 Å². The van der Waals surface area contributed by atoms with Gasteiger partial charge in [0.1, 0.15) is 23.1 Å².